The summed E-state index contributed by atoms with van der Waals surface area (Å²) in [6.07, 6.45) is -4.64. The van der Waals surface area contributed by atoms with E-state index in [1.54, 1.807) is 11.0 Å². The van der Waals surface area contributed by atoms with Gasteiger partial charge in [-0.2, -0.15) is 13.2 Å². The van der Waals surface area contributed by atoms with E-state index in [0.29, 0.717) is 50.5 Å². The fraction of sp³-hybridized carbons (Fsp3) is 0.304. The van der Waals surface area contributed by atoms with Gasteiger partial charge in [-0.3, -0.25) is 10.1 Å². The third kappa shape index (κ3) is 5.70. The van der Waals surface area contributed by atoms with Gasteiger partial charge >= 0.3 is 6.18 Å². The van der Waals surface area contributed by atoms with Crippen LogP contribution in [0.15, 0.2) is 54.6 Å². The minimum absolute atomic E-state index is 0.170. The molecule has 3 aromatic rings. The van der Waals surface area contributed by atoms with Crippen molar-refractivity contribution < 1.29 is 22.8 Å². The van der Waals surface area contributed by atoms with Gasteiger partial charge < -0.3 is 19.9 Å². The number of ether oxygens (including phenoxy) is 1. The lowest BCUT2D eigenvalue weighted by Gasteiger charge is -2.36. The highest BCUT2D eigenvalue weighted by molar-refractivity contribution is 5.65. The monoisotopic (exact) mass is 488 g/mol. The van der Waals surface area contributed by atoms with E-state index in [1.165, 1.54) is 0 Å². The van der Waals surface area contributed by atoms with E-state index in [1.807, 2.05) is 42.2 Å². The summed E-state index contributed by atoms with van der Waals surface area (Å²) in [5.41, 5.74) is -0.593. The summed E-state index contributed by atoms with van der Waals surface area (Å²) in [5.74, 6) is 1.99. The highest BCUT2D eigenvalue weighted by atomic mass is 19.4. The van der Waals surface area contributed by atoms with Crippen molar-refractivity contribution in [1.29, 1.82) is 0 Å². The summed E-state index contributed by atoms with van der Waals surface area (Å²) >= 11 is 0. The molecule has 2 heterocycles. The average molecular weight is 488 g/mol. The van der Waals surface area contributed by atoms with Crippen molar-refractivity contribution in [2.24, 2.45) is 0 Å². The molecule has 0 saturated carbocycles. The van der Waals surface area contributed by atoms with Crippen LogP contribution in [0.5, 0.6) is 5.75 Å². The third-order valence-corrected chi connectivity index (χ3v) is 5.53. The lowest BCUT2D eigenvalue weighted by atomic mass is 10.1. The van der Waals surface area contributed by atoms with E-state index < -0.39 is 22.4 Å². The molecular weight excluding hydrogens is 465 g/mol. The molecule has 0 aliphatic carbocycles. The minimum Gasteiger partial charge on any atom is -0.494 e. The molecule has 0 unspecified atom stereocenters. The van der Waals surface area contributed by atoms with Crippen LogP contribution in [0.3, 0.4) is 0 Å². The standard InChI is InChI=1S/C23H23F3N6O3/c1-2-35-18-6-4-17(5-7-18)27-21-9-10-22(29-28-21)31-13-11-30(12-14-31)19-8-3-16(23(24,25)26)15-20(19)32(33)34/h3-10,15H,2,11-14H2,1H3,(H,27,28). The number of alkyl halides is 3. The second kappa shape index (κ2) is 10.0. The first-order chi connectivity index (χ1) is 16.7. The predicted molar refractivity (Wildman–Crippen MR) is 125 cm³/mol. The lowest BCUT2D eigenvalue weighted by Crippen LogP contribution is -2.47. The normalized spacial score (nSPS) is 14.1. The van der Waals surface area contributed by atoms with Gasteiger partial charge in [0.05, 0.1) is 17.1 Å². The van der Waals surface area contributed by atoms with Crippen molar-refractivity contribution in [3.05, 3.63) is 70.3 Å². The topological polar surface area (TPSA) is 96.7 Å². The molecule has 1 saturated heterocycles. The molecule has 9 nitrogen and oxygen atoms in total. The van der Waals surface area contributed by atoms with Crippen LogP contribution < -0.4 is 19.9 Å². The number of aromatic nitrogens is 2. The Balaban J connectivity index is 1.38. The van der Waals surface area contributed by atoms with Crippen molar-refractivity contribution in [2.75, 3.05) is 47.9 Å². The largest absolute Gasteiger partial charge is 0.494 e. The van der Waals surface area contributed by atoms with Gasteiger partial charge in [-0.15, -0.1) is 10.2 Å². The van der Waals surface area contributed by atoms with Crippen LogP contribution in [-0.2, 0) is 6.18 Å². The lowest BCUT2D eigenvalue weighted by molar-refractivity contribution is -0.384. The molecule has 35 heavy (non-hydrogen) atoms. The van der Waals surface area contributed by atoms with Gasteiger partial charge in [-0.25, -0.2) is 0 Å². The molecule has 1 aliphatic heterocycles. The van der Waals surface area contributed by atoms with Crippen LogP contribution in [0.25, 0.3) is 0 Å². The molecule has 4 rings (SSSR count). The Labute approximate surface area is 199 Å². The SMILES string of the molecule is CCOc1ccc(Nc2ccc(N3CCN(c4ccc(C(F)(F)F)cc4[N+](=O)[O-])CC3)nn2)cc1. The van der Waals surface area contributed by atoms with Gasteiger partial charge in [0, 0.05) is 37.9 Å². The second-order valence-electron chi connectivity index (χ2n) is 7.79. The molecule has 184 valence electrons. The first kappa shape index (κ1) is 24.0. The summed E-state index contributed by atoms with van der Waals surface area (Å²) in [7, 11) is 0. The smallest absolute Gasteiger partial charge is 0.416 e. The summed E-state index contributed by atoms with van der Waals surface area (Å²) < 4.78 is 44.3. The minimum atomic E-state index is -4.64. The van der Waals surface area contributed by atoms with Gasteiger partial charge in [-0.1, -0.05) is 0 Å². The number of hydrogen-bond donors (Lipinski definition) is 1. The third-order valence-electron chi connectivity index (χ3n) is 5.53. The fourth-order valence-corrected chi connectivity index (χ4v) is 3.80. The Hall–Kier alpha value is -4.09. The number of benzene rings is 2. The van der Waals surface area contributed by atoms with E-state index in [2.05, 4.69) is 15.5 Å². The Morgan fingerprint density at radius 2 is 1.69 bits per heavy atom. The maximum absolute atomic E-state index is 13.0. The number of nitrogens with zero attached hydrogens (tertiary/aromatic N) is 5. The first-order valence-corrected chi connectivity index (χ1v) is 10.9. The molecule has 0 amide bonds. The van der Waals surface area contributed by atoms with Gasteiger partial charge in [-0.05, 0) is 55.5 Å². The molecule has 0 atom stereocenters. The van der Waals surface area contributed by atoms with Gasteiger partial charge in [0.2, 0.25) is 0 Å². The van der Waals surface area contributed by atoms with Crippen LogP contribution in [0, 0.1) is 10.1 Å². The van der Waals surface area contributed by atoms with Crippen LogP contribution in [0.4, 0.5) is 41.9 Å². The molecule has 1 fully saturated rings. The highest BCUT2D eigenvalue weighted by Gasteiger charge is 2.34. The summed E-state index contributed by atoms with van der Waals surface area (Å²) in [6.45, 7) is 4.26. The number of hydrogen-bond acceptors (Lipinski definition) is 8. The maximum Gasteiger partial charge on any atom is 0.416 e. The summed E-state index contributed by atoms with van der Waals surface area (Å²) in [6, 6.07) is 13.7. The van der Waals surface area contributed by atoms with Crippen molar-refractivity contribution in [1.82, 2.24) is 10.2 Å². The van der Waals surface area contributed by atoms with Gasteiger partial charge in [0.1, 0.15) is 11.4 Å². The molecule has 2 aromatic carbocycles. The Morgan fingerprint density at radius 1 is 1.00 bits per heavy atom. The molecule has 0 radical (unpaired) electrons. The van der Waals surface area contributed by atoms with Gasteiger partial charge in [0.25, 0.3) is 5.69 Å². The summed E-state index contributed by atoms with van der Waals surface area (Å²) in [4.78, 5) is 14.3. The summed E-state index contributed by atoms with van der Waals surface area (Å²) in [5, 5.41) is 23.0. The quantitative estimate of drug-likeness (QED) is 0.372. The number of anilines is 4. The predicted octanol–water partition coefficient (Wildman–Crippen LogP) is 4.87. The van der Waals surface area contributed by atoms with E-state index in [4.69, 9.17) is 4.74 Å². The molecule has 12 heteroatoms. The zero-order chi connectivity index (χ0) is 25.0. The number of nitro benzene ring substituents is 1. The van der Waals surface area contributed by atoms with E-state index >= 15 is 0 Å². The molecule has 1 aromatic heterocycles. The number of nitro groups is 1. The maximum atomic E-state index is 13.0. The van der Waals surface area contributed by atoms with Crippen LogP contribution in [0.2, 0.25) is 0 Å². The second-order valence-corrected chi connectivity index (χ2v) is 7.79. The Bertz CT molecular complexity index is 1160. The molecule has 0 bridgehead atoms. The Kier molecular flexibility index (Phi) is 6.90. The number of nitrogens with one attached hydrogen (secondary N) is 1. The van der Waals surface area contributed by atoms with Crippen LogP contribution >= 0.6 is 0 Å². The van der Waals surface area contributed by atoms with Crippen molar-refractivity contribution >= 4 is 28.7 Å². The molecular formula is C23H23F3N6O3. The van der Waals surface area contributed by atoms with Crippen molar-refractivity contribution in [2.45, 2.75) is 13.1 Å². The van der Waals surface area contributed by atoms with Crippen molar-refractivity contribution in [3.8, 4) is 5.75 Å². The number of halogens is 3. The molecule has 0 spiro atoms. The molecule has 1 N–H and O–H groups in total. The number of rotatable bonds is 7. The zero-order valence-corrected chi connectivity index (χ0v) is 18.8. The van der Waals surface area contributed by atoms with Crippen molar-refractivity contribution in [3.63, 3.8) is 0 Å². The average Bonchev–Trinajstić information content (AvgIpc) is 2.85. The highest BCUT2D eigenvalue weighted by Crippen LogP contribution is 2.37. The van der Waals surface area contributed by atoms with Crippen LogP contribution in [-0.4, -0.2) is 47.9 Å². The first-order valence-electron chi connectivity index (χ1n) is 10.9. The van der Waals surface area contributed by atoms with Crippen LogP contribution in [0.1, 0.15) is 12.5 Å². The van der Waals surface area contributed by atoms with E-state index in [0.717, 1.165) is 23.6 Å². The Morgan fingerprint density at radius 3 is 2.26 bits per heavy atom. The zero-order valence-electron chi connectivity index (χ0n) is 18.8. The number of piperazine rings is 1. The molecule has 1 aliphatic rings. The fourth-order valence-electron chi connectivity index (χ4n) is 3.80. The van der Waals surface area contributed by atoms with E-state index in [-0.39, 0.29) is 5.69 Å². The van der Waals surface area contributed by atoms with E-state index in [9.17, 15) is 23.3 Å². The van der Waals surface area contributed by atoms with Gasteiger partial charge in [0.15, 0.2) is 11.6 Å².